The molecule has 1 amide bonds. The Kier molecular flexibility index (Phi) is 3.86. The van der Waals surface area contributed by atoms with Crippen LogP contribution in [0.3, 0.4) is 0 Å². The summed E-state index contributed by atoms with van der Waals surface area (Å²) in [5.41, 5.74) is 9.82. The Morgan fingerprint density at radius 3 is 1.92 bits per heavy atom. The van der Waals surface area contributed by atoms with Crippen molar-refractivity contribution >= 4 is 17.8 Å². The minimum Gasteiger partial charge on any atom is -0.481 e. The maximum Gasteiger partial charge on any atom is 0.321 e. The lowest BCUT2D eigenvalue weighted by molar-refractivity contribution is -0.145. The summed E-state index contributed by atoms with van der Waals surface area (Å²) in [4.78, 5) is 31.1. The maximum atomic E-state index is 10.6. The van der Waals surface area contributed by atoms with Crippen LogP contribution in [0.25, 0.3) is 0 Å². The highest BCUT2D eigenvalue weighted by Gasteiger charge is 2.30. The van der Waals surface area contributed by atoms with Crippen molar-refractivity contribution in [2.24, 2.45) is 17.4 Å². The van der Waals surface area contributed by atoms with E-state index >= 15 is 0 Å². The number of carbonyl (C=O) groups excluding carboxylic acids is 1. The third kappa shape index (κ3) is 3.52. The van der Waals surface area contributed by atoms with Crippen LogP contribution < -0.4 is 11.5 Å². The van der Waals surface area contributed by atoms with Crippen LogP contribution in [0.1, 0.15) is 6.42 Å². The largest absolute Gasteiger partial charge is 0.481 e. The predicted octanol–water partition coefficient (Wildman–Crippen LogP) is -2.03. The SMILES string of the molecule is NC(=O)C(CC(=O)O)C(N)C(=O)O. The van der Waals surface area contributed by atoms with Gasteiger partial charge in [-0.1, -0.05) is 0 Å². The highest BCUT2D eigenvalue weighted by molar-refractivity contribution is 5.88. The van der Waals surface area contributed by atoms with Gasteiger partial charge in [0.05, 0.1) is 12.3 Å². The molecule has 7 nitrogen and oxygen atoms in total. The number of carbonyl (C=O) groups is 3. The molecule has 0 fully saturated rings. The molecule has 0 aliphatic heterocycles. The van der Waals surface area contributed by atoms with Gasteiger partial charge in [0.25, 0.3) is 0 Å². The van der Waals surface area contributed by atoms with Crippen LogP contribution in [0.2, 0.25) is 0 Å². The van der Waals surface area contributed by atoms with E-state index in [-0.39, 0.29) is 0 Å². The molecular weight excluding hydrogens is 180 g/mol. The van der Waals surface area contributed by atoms with Crippen LogP contribution in [0, 0.1) is 5.92 Å². The maximum absolute atomic E-state index is 10.6. The van der Waals surface area contributed by atoms with Crippen molar-refractivity contribution in [1.29, 1.82) is 0 Å². The van der Waals surface area contributed by atoms with E-state index < -0.39 is 36.2 Å². The molecule has 0 aromatic carbocycles. The van der Waals surface area contributed by atoms with Crippen molar-refractivity contribution in [2.45, 2.75) is 12.5 Å². The first kappa shape index (κ1) is 11.4. The zero-order valence-electron chi connectivity index (χ0n) is 6.64. The lowest BCUT2D eigenvalue weighted by Crippen LogP contribution is -2.45. The van der Waals surface area contributed by atoms with Crippen molar-refractivity contribution in [2.75, 3.05) is 0 Å². The Labute approximate surface area is 73.3 Å². The molecule has 13 heavy (non-hydrogen) atoms. The quantitative estimate of drug-likeness (QED) is 0.393. The predicted molar refractivity (Wildman–Crippen MR) is 40.5 cm³/mol. The molecule has 0 aliphatic carbocycles. The van der Waals surface area contributed by atoms with Crippen molar-refractivity contribution in [1.82, 2.24) is 0 Å². The van der Waals surface area contributed by atoms with E-state index in [9.17, 15) is 14.4 Å². The topological polar surface area (TPSA) is 144 Å². The molecule has 6 N–H and O–H groups in total. The van der Waals surface area contributed by atoms with Gasteiger partial charge in [-0.05, 0) is 0 Å². The van der Waals surface area contributed by atoms with Crippen LogP contribution in [0.4, 0.5) is 0 Å². The summed E-state index contributed by atoms with van der Waals surface area (Å²) in [5, 5.41) is 16.7. The van der Waals surface area contributed by atoms with E-state index in [2.05, 4.69) is 0 Å². The Hall–Kier alpha value is -1.63. The second-order valence-electron chi connectivity index (χ2n) is 2.47. The average Bonchev–Trinajstić information content (AvgIpc) is 1.97. The van der Waals surface area contributed by atoms with E-state index in [1.165, 1.54) is 0 Å². The number of carboxylic acids is 2. The van der Waals surface area contributed by atoms with Gasteiger partial charge in [-0.15, -0.1) is 0 Å². The van der Waals surface area contributed by atoms with Gasteiger partial charge >= 0.3 is 11.9 Å². The van der Waals surface area contributed by atoms with Crippen molar-refractivity contribution in [3.8, 4) is 0 Å². The molecule has 0 aromatic rings. The highest BCUT2D eigenvalue weighted by atomic mass is 16.4. The van der Waals surface area contributed by atoms with Gasteiger partial charge in [-0.2, -0.15) is 0 Å². The summed E-state index contributed by atoms with van der Waals surface area (Å²) in [6.45, 7) is 0. The number of amides is 1. The number of hydrogen-bond acceptors (Lipinski definition) is 4. The van der Waals surface area contributed by atoms with Gasteiger partial charge in [0.1, 0.15) is 6.04 Å². The molecule has 0 aliphatic rings. The van der Waals surface area contributed by atoms with Gasteiger partial charge in [0.2, 0.25) is 5.91 Å². The summed E-state index contributed by atoms with van der Waals surface area (Å²) in [7, 11) is 0. The standard InChI is InChI=1S/C6H10N2O5/c7-4(6(12)13)2(5(8)11)1-3(9)10/h2,4H,1,7H2,(H2,8,11)(H,9,10)(H,12,13). The van der Waals surface area contributed by atoms with Crippen LogP contribution in [0.5, 0.6) is 0 Å². The Morgan fingerprint density at radius 1 is 1.23 bits per heavy atom. The number of hydrogen-bond donors (Lipinski definition) is 4. The van der Waals surface area contributed by atoms with Crippen LogP contribution in [-0.4, -0.2) is 34.1 Å². The normalized spacial score (nSPS) is 14.5. The van der Waals surface area contributed by atoms with Gasteiger partial charge in [0, 0.05) is 0 Å². The summed E-state index contributed by atoms with van der Waals surface area (Å²) in [6, 6.07) is -1.58. The third-order valence-corrected chi connectivity index (χ3v) is 1.48. The number of rotatable bonds is 5. The fraction of sp³-hybridized carbons (Fsp3) is 0.500. The van der Waals surface area contributed by atoms with E-state index in [4.69, 9.17) is 21.7 Å². The molecule has 0 radical (unpaired) electrons. The molecule has 0 heterocycles. The summed E-state index contributed by atoms with van der Waals surface area (Å²) >= 11 is 0. The van der Waals surface area contributed by atoms with E-state index in [0.29, 0.717) is 0 Å². The second-order valence-corrected chi connectivity index (χ2v) is 2.47. The first-order valence-electron chi connectivity index (χ1n) is 3.35. The summed E-state index contributed by atoms with van der Waals surface area (Å²) in [6.07, 6.45) is -0.678. The van der Waals surface area contributed by atoms with Crippen LogP contribution >= 0.6 is 0 Å². The van der Waals surface area contributed by atoms with Gasteiger partial charge in [-0.3, -0.25) is 14.4 Å². The van der Waals surface area contributed by atoms with Gasteiger partial charge < -0.3 is 21.7 Å². The zero-order valence-corrected chi connectivity index (χ0v) is 6.64. The Morgan fingerprint density at radius 2 is 1.69 bits per heavy atom. The smallest absolute Gasteiger partial charge is 0.321 e. The summed E-state index contributed by atoms with van der Waals surface area (Å²) in [5.74, 6) is -5.18. The first-order valence-corrected chi connectivity index (χ1v) is 3.35. The minimum absolute atomic E-state index is 0.678. The van der Waals surface area contributed by atoms with Crippen molar-refractivity contribution < 1.29 is 24.6 Å². The molecule has 0 saturated carbocycles. The van der Waals surface area contributed by atoms with Crippen molar-refractivity contribution in [3.05, 3.63) is 0 Å². The Balaban J connectivity index is 4.51. The molecule has 0 spiro atoms. The molecule has 0 rings (SSSR count). The van der Waals surface area contributed by atoms with Gasteiger partial charge in [-0.25, -0.2) is 0 Å². The molecule has 7 heteroatoms. The van der Waals surface area contributed by atoms with E-state index in [0.717, 1.165) is 0 Å². The monoisotopic (exact) mass is 190 g/mol. The lowest BCUT2D eigenvalue weighted by atomic mass is 9.96. The number of aliphatic carboxylic acids is 2. The molecule has 0 aromatic heterocycles. The summed E-state index contributed by atoms with van der Waals surface area (Å²) < 4.78 is 0. The van der Waals surface area contributed by atoms with Crippen LogP contribution in [0.15, 0.2) is 0 Å². The average molecular weight is 190 g/mol. The number of primary amides is 1. The molecule has 0 saturated heterocycles. The number of nitrogens with two attached hydrogens (primary N) is 2. The lowest BCUT2D eigenvalue weighted by Gasteiger charge is -2.14. The van der Waals surface area contributed by atoms with Gasteiger partial charge in [0.15, 0.2) is 0 Å². The number of carboxylic acid groups (broad SMARTS) is 2. The molecular formula is C6H10N2O5. The van der Waals surface area contributed by atoms with Crippen molar-refractivity contribution in [3.63, 3.8) is 0 Å². The minimum atomic E-state index is -1.58. The van der Waals surface area contributed by atoms with Crippen LogP contribution in [-0.2, 0) is 14.4 Å². The highest BCUT2D eigenvalue weighted by Crippen LogP contribution is 2.06. The first-order chi connectivity index (χ1) is 5.86. The second kappa shape index (κ2) is 4.41. The fourth-order valence-electron chi connectivity index (χ4n) is 0.765. The van der Waals surface area contributed by atoms with E-state index in [1.807, 2.05) is 0 Å². The molecule has 0 bridgehead atoms. The Bertz CT molecular complexity index is 239. The fourth-order valence-corrected chi connectivity index (χ4v) is 0.765. The zero-order chi connectivity index (χ0) is 10.6. The van der Waals surface area contributed by atoms with E-state index in [1.54, 1.807) is 0 Å². The third-order valence-electron chi connectivity index (χ3n) is 1.48. The molecule has 2 atom stereocenters. The molecule has 74 valence electrons. The molecule has 2 unspecified atom stereocenters.